The molecule has 3 heteroatoms. The second kappa shape index (κ2) is 4.63. The lowest BCUT2D eigenvalue weighted by molar-refractivity contribution is 0.470. The lowest BCUT2D eigenvalue weighted by Crippen LogP contribution is -2.04. The van der Waals surface area contributed by atoms with Crippen molar-refractivity contribution in [1.29, 1.82) is 0 Å². The van der Waals surface area contributed by atoms with Gasteiger partial charge >= 0.3 is 0 Å². The normalized spacial score (nSPS) is 12.8. The molecule has 0 radical (unpaired) electrons. The zero-order valence-corrected chi connectivity index (χ0v) is 9.21. The molecule has 0 amide bonds. The maximum absolute atomic E-state index is 9.44. The van der Waals surface area contributed by atoms with Crippen LogP contribution in [-0.2, 0) is 0 Å². The molecule has 0 saturated carbocycles. The van der Waals surface area contributed by atoms with Crippen LogP contribution in [0.2, 0.25) is 0 Å². The fourth-order valence-electron chi connectivity index (χ4n) is 1.25. The van der Waals surface area contributed by atoms with Crippen molar-refractivity contribution in [2.45, 2.75) is 19.3 Å². The fraction of sp³-hybridized carbons (Fsp3) is 0.400. The molecule has 0 saturated heterocycles. The molecule has 1 aromatic rings. The molecule has 0 aliphatic carbocycles. The van der Waals surface area contributed by atoms with Gasteiger partial charge in [0, 0.05) is 0 Å². The maximum Gasteiger partial charge on any atom is 0.130 e. The Hall–Kier alpha value is -0.540. The highest BCUT2D eigenvalue weighted by Crippen LogP contribution is 2.28. The van der Waals surface area contributed by atoms with Crippen molar-refractivity contribution < 1.29 is 5.11 Å². The fourth-order valence-corrected chi connectivity index (χ4v) is 1.50. The van der Waals surface area contributed by atoms with E-state index in [9.17, 15) is 5.11 Å². The van der Waals surface area contributed by atoms with Crippen LogP contribution in [0.15, 0.2) is 22.7 Å². The van der Waals surface area contributed by atoms with E-state index in [1.165, 1.54) is 0 Å². The van der Waals surface area contributed by atoms with E-state index in [0.717, 1.165) is 16.5 Å². The Labute approximate surface area is 86.9 Å². The highest BCUT2D eigenvalue weighted by atomic mass is 79.9. The first-order valence-electron chi connectivity index (χ1n) is 4.33. The Morgan fingerprint density at radius 2 is 2.23 bits per heavy atom. The number of hydrogen-bond acceptors (Lipinski definition) is 2. The molecule has 0 aliphatic heterocycles. The predicted molar refractivity (Wildman–Crippen MR) is 57.9 cm³/mol. The molecule has 3 N–H and O–H groups in total. The lowest BCUT2D eigenvalue weighted by atomic mass is 9.98. The van der Waals surface area contributed by atoms with E-state index >= 15 is 0 Å². The summed E-state index contributed by atoms with van der Waals surface area (Å²) in [6, 6.07) is 5.65. The number of benzene rings is 1. The molecule has 0 fully saturated rings. The van der Waals surface area contributed by atoms with E-state index in [-0.39, 0.29) is 0 Å². The topological polar surface area (TPSA) is 46.2 Å². The monoisotopic (exact) mass is 243 g/mol. The first-order valence-corrected chi connectivity index (χ1v) is 5.13. The first-order chi connectivity index (χ1) is 6.15. The van der Waals surface area contributed by atoms with Crippen molar-refractivity contribution in [2.24, 2.45) is 5.73 Å². The third kappa shape index (κ3) is 2.71. The van der Waals surface area contributed by atoms with Crippen LogP contribution < -0.4 is 5.73 Å². The number of nitrogens with two attached hydrogens (primary N) is 1. The molecule has 0 aliphatic rings. The molecule has 72 valence electrons. The molecule has 1 rings (SSSR count). The van der Waals surface area contributed by atoms with E-state index < -0.39 is 0 Å². The highest BCUT2D eigenvalue weighted by molar-refractivity contribution is 9.10. The molecule has 0 bridgehead atoms. The van der Waals surface area contributed by atoms with Crippen LogP contribution in [0.25, 0.3) is 0 Å². The number of rotatable bonds is 3. The minimum Gasteiger partial charge on any atom is -0.507 e. The second-order valence-electron chi connectivity index (χ2n) is 3.19. The van der Waals surface area contributed by atoms with Gasteiger partial charge in [-0.25, -0.2) is 0 Å². The zero-order valence-electron chi connectivity index (χ0n) is 7.63. The molecule has 0 aromatic heterocycles. The number of hydrogen-bond donors (Lipinski definition) is 2. The SMILES string of the molecule is CC(CCN)c1ccc(Br)c(O)c1. The summed E-state index contributed by atoms with van der Waals surface area (Å²) in [7, 11) is 0. The van der Waals surface area contributed by atoms with Crippen molar-refractivity contribution >= 4 is 15.9 Å². The number of phenolic OH excluding ortho intramolecular Hbond substituents is 1. The average molecular weight is 244 g/mol. The smallest absolute Gasteiger partial charge is 0.130 e. The predicted octanol–water partition coefficient (Wildman–Crippen LogP) is 2.61. The molecule has 13 heavy (non-hydrogen) atoms. The molecular weight excluding hydrogens is 230 g/mol. The molecule has 0 spiro atoms. The average Bonchev–Trinajstić information content (AvgIpc) is 2.10. The van der Waals surface area contributed by atoms with Crippen LogP contribution >= 0.6 is 15.9 Å². The third-order valence-electron chi connectivity index (χ3n) is 2.14. The van der Waals surface area contributed by atoms with Crippen LogP contribution in [0.1, 0.15) is 24.8 Å². The summed E-state index contributed by atoms with van der Waals surface area (Å²) in [5.41, 5.74) is 6.59. The van der Waals surface area contributed by atoms with Gasteiger partial charge in [0.05, 0.1) is 4.47 Å². The van der Waals surface area contributed by atoms with Gasteiger partial charge in [-0.15, -0.1) is 0 Å². The Bertz CT molecular complexity index is 288. The van der Waals surface area contributed by atoms with Crippen molar-refractivity contribution in [3.63, 3.8) is 0 Å². The summed E-state index contributed by atoms with van der Waals surface area (Å²) >= 11 is 3.24. The minimum absolute atomic E-state index is 0.293. The zero-order chi connectivity index (χ0) is 9.84. The van der Waals surface area contributed by atoms with Crippen molar-refractivity contribution in [1.82, 2.24) is 0 Å². The number of aromatic hydroxyl groups is 1. The van der Waals surface area contributed by atoms with Gasteiger partial charge in [-0.05, 0) is 52.5 Å². The van der Waals surface area contributed by atoms with E-state index in [1.54, 1.807) is 6.07 Å². The minimum atomic E-state index is 0.293. The van der Waals surface area contributed by atoms with E-state index in [4.69, 9.17) is 5.73 Å². The van der Waals surface area contributed by atoms with Gasteiger partial charge in [0.15, 0.2) is 0 Å². The first kappa shape index (κ1) is 10.5. The molecule has 2 nitrogen and oxygen atoms in total. The summed E-state index contributed by atoms with van der Waals surface area (Å²) in [5.74, 6) is 0.699. The van der Waals surface area contributed by atoms with Gasteiger partial charge < -0.3 is 10.8 Å². The summed E-state index contributed by atoms with van der Waals surface area (Å²) in [6.45, 7) is 2.79. The molecule has 0 heterocycles. The molecule has 1 atom stereocenters. The van der Waals surface area contributed by atoms with Crippen molar-refractivity contribution in [3.05, 3.63) is 28.2 Å². The summed E-state index contributed by atoms with van der Waals surface area (Å²) in [5, 5.41) is 9.44. The van der Waals surface area contributed by atoms with Gasteiger partial charge in [-0.3, -0.25) is 0 Å². The Morgan fingerprint density at radius 1 is 1.54 bits per heavy atom. The molecule has 1 aromatic carbocycles. The standard InChI is InChI=1S/C10H14BrNO/c1-7(4-5-12)8-2-3-9(11)10(13)6-8/h2-3,6-7,13H,4-5,12H2,1H3. The third-order valence-corrected chi connectivity index (χ3v) is 2.81. The summed E-state index contributed by atoms with van der Waals surface area (Å²) in [4.78, 5) is 0. The summed E-state index contributed by atoms with van der Waals surface area (Å²) in [6.07, 6.45) is 0.946. The number of halogens is 1. The largest absolute Gasteiger partial charge is 0.507 e. The Balaban J connectivity index is 2.84. The van der Waals surface area contributed by atoms with Gasteiger partial charge in [0.2, 0.25) is 0 Å². The van der Waals surface area contributed by atoms with Crippen LogP contribution in [-0.4, -0.2) is 11.7 Å². The lowest BCUT2D eigenvalue weighted by Gasteiger charge is -2.10. The summed E-state index contributed by atoms with van der Waals surface area (Å²) < 4.78 is 0.733. The quantitative estimate of drug-likeness (QED) is 0.858. The molecular formula is C10H14BrNO. The van der Waals surface area contributed by atoms with Gasteiger partial charge in [0.25, 0.3) is 0 Å². The van der Waals surface area contributed by atoms with Gasteiger partial charge in [-0.2, -0.15) is 0 Å². The number of phenols is 1. The second-order valence-corrected chi connectivity index (χ2v) is 4.04. The van der Waals surface area contributed by atoms with Gasteiger partial charge in [-0.1, -0.05) is 13.0 Å². The van der Waals surface area contributed by atoms with E-state index in [2.05, 4.69) is 22.9 Å². The van der Waals surface area contributed by atoms with Crippen molar-refractivity contribution in [2.75, 3.05) is 6.54 Å². The van der Waals surface area contributed by atoms with Crippen molar-refractivity contribution in [3.8, 4) is 5.75 Å². The molecule has 1 unspecified atom stereocenters. The Kier molecular flexibility index (Phi) is 3.75. The van der Waals surface area contributed by atoms with Crippen LogP contribution in [0.4, 0.5) is 0 Å². The van der Waals surface area contributed by atoms with E-state index in [0.29, 0.717) is 18.2 Å². The van der Waals surface area contributed by atoms with Crippen LogP contribution in [0.5, 0.6) is 5.75 Å². The van der Waals surface area contributed by atoms with Gasteiger partial charge in [0.1, 0.15) is 5.75 Å². The van der Waals surface area contributed by atoms with Crippen LogP contribution in [0.3, 0.4) is 0 Å². The van der Waals surface area contributed by atoms with E-state index in [1.807, 2.05) is 12.1 Å². The van der Waals surface area contributed by atoms with Crippen LogP contribution in [0, 0.1) is 0 Å². The Morgan fingerprint density at radius 3 is 2.77 bits per heavy atom. The highest BCUT2D eigenvalue weighted by Gasteiger charge is 2.06. The maximum atomic E-state index is 9.44.